The van der Waals surface area contributed by atoms with Crippen molar-refractivity contribution < 1.29 is 19.4 Å². The number of carboxylic acid groups (broad SMARTS) is 1. The first kappa shape index (κ1) is 20.3. The van der Waals surface area contributed by atoms with Crippen molar-refractivity contribution in [1.82, 2.24) is 0 Å². The van der Waals surface area contributed by atoms with Crippen LogP contribution in [-0.2, 0) is 4.79 Å². The molecule has 0 aliphatic heterocycles. The molecule has 1 rings (SSSR count). The van der Waals surface area contributed by atoms with Crippen LogP contribution in [0.25, 0.3) is 6.08 Å². The maximum atomic E-state index is 10.6. The Labute approximate surface area is 149 Å². The summed E-state index contributed by atoms with van der Waals surface area (Å²) < 4.78 is 10.8. The third kappa shape index (κ3) is 5.99. The fourth-order valence-electron chi connectivity index (χ4n) is 2.47. The minimum Gasteiger partial charge on any atom is -0.493 e. The predicted octanol–water partition coefficient (Wildman–Crippen LogP) is 4.87. The van der Waals surface area contributed by atoms with Crippen molar-refractivity contribution >= 4 is 12.0 Å². The molecule has 0 amide bonds. The van der Waals surface area contributed by atoms with Crippen LogP contribution in [0.2, 0.25) is 0 Å². The van der Waals surface area contributed by atoms with Crippen LogP contribution in [0.3, 0.4) is 0 Å². The summed E-state index contributed by atoms with van der Waals surface area (Å²) in [5.41, 5.74) is 4.96. The van der Waals surface area contributed by atoms with Crippen LogP contribution in [0.15, 0.2) is 47.6 Å². The van der Waals surface area contributed by atoms with E-state index in [1.165, 1.54) is 6.08 Å². The highest BCUT2D eigenvalue weighted by Crippen LogP contribution is 2.35. The molecule has 0 aliphatic rings. The summed E-state index contributed by atoms with van der Waals surface area (Å²) in [4.78, 5) is 10.6. The standard InChI is InChI=1S/C21H26O4/c1-14(8-7-9-15(2)12-20(22)23)10-11-18-16(3)13-19(24-5)21(25-6)17(18)4/h7-13H,1-6H3,(H,22,23)/b9-7+,11-10+,14-8+,15-12+. The average Bonchev–Trinajstić information content (AvgIpc) is 2.53. The maximum absolute atomic E-state index is 10.6. The van der Waals surface area contributed by atoms with Crippen LogP contribution in [0, 0.1) is 13.8 Å². The van der Waals surface area contributed by atoms with E-state index in [4.69, 9.17) is 14.6 Å². The quantitative estimate of drug-likeness (QED) is 0.567. The van der Waals surface area contributed by atoms with Gasteiger partial charge in [0.05, 0.1) is 14.2 Å². The van der Waals surface area contributed by atoms with E-state index in [0.29, 0.717) is 5.57 Å². The SMILES string of the molecule is COc1cc(C)c(/C=C/C(C)=C/C=C/C(C)=C/C(=O)O)c(C)c1OC. The monoisotopic (exact) mass is 342 g/mol. The normalized spacial score (nSPS) is 12.9. The lowest BCUT2D eigenvalue weighted by molar-refractivity contribution is -0.131. The van der Waals surface area contributed by atoms with Crippen LogP contribution in [0.1, 0.15) is 30.5 Å². The zero-order valence-corrected chi connectivity index (χ0v) is 15.7. The summed E-state index contributed by atoms with van der Waals surface area (Å²) in [6.45, 7) is 7.78. The summed E-state index contributed by atoms with van der Waals surface area (Å²) >= 11 is 0. The number of methoxy groups -OCH3 is 2. The Morgan fingerprint density at radius 2 is 1.76 bits per heavy atom. The number of allylic oxidation sites excluding steroid dienone is 6. The van der Waals surface area contributed by atoms with E-state index in [1.54, 1.807) is 27.2 Å². The van der Waals surface area contributed by atoms with Gasteiger partial charge in [0.1, 0.15) is 0 Å². The number of aliphatic carboxylic acids is 1. The van der Waals surface area contributed by atoms with Crippen molar-refractivity contribution in [2.45, 2.75) is 27.7 Å². The highest BCUT2D eigenvalue weighted by molar-refractivity contribution is 5.81. The maximum Gasteiger partial charge on any atom is 0.328 e. The zero-order valence-electron chi connectivity index (χ0n) is 15.7. The molecule has 0 aromatic heterocycles. The lowest BCUT2D eigenvalue weighted by atomic mass is 10.00. The van der Waals surface area contributed by atoms with E-state index in [0.717, 1.165) is 33.8 Å². The minimum absolute atomic E-state index is 0.687. The van der Waals surface area contributed by atoms with Gasteiger partial charge in [-0.05, 0) is 50.5 Å². The molecule has 1 aromatic rings. The Bertz CT molecular complexity index is 750. The van der Waals surface area contributed by atoms with Gasteiger partial charge in [0.15, 0.2) is 11.5 Å². The fraction of sp³-hybridized carbons (Fsp3) is 0.286. The lowest BCUT2D eigenvalue weighted by Gasteiger charge is -2.15. The van der Waals surface area contributed by atoms with Crippen molar-refractivity contribution in [3.63, 3.8) is 0 Å². The zero-order chi connectivity index (χ0) is 19.0. The summed E-state index contributed by atoms with van der Waals surface area (Å²) in [7, 11) is 3.27. The molecule has 0 bridgehead atoms. The summed E-state index contributed by atoms with van der Waals surface area (Å²) in [6.07, 6.45) is 10.8. The van der Waals surface area contributed by atoms with Gasteiger partial charge in [-0.15, -0.1) is 0 Å². The molecule has 0 saturated carbocycles. The van der Waals surface area contributed by atoms with Gasteiger partial charge in [-0.25, -0.2) is 4.79 Å². The van der Waals surface area contributed by atoms with Crippen LogP contribution < -0.4 is 9.47 Å². The van der Waals surface area contributed by atoms with E-state index in [2.05, 4.69) is 0 Å². The van der Waals surface area contributed by atoms with Crippen LogP contribution in [-0.4, -0.2) is 25.3 Å². The topological polar surface area (TPSA) is 55.8 Å². The van der Waals surface area contributed by atoms with Crippen molar-refractivity contribution in [3.05, 3.63) is 64.3 Å². The minimum atomic E-state index is -0.942. The molecule has 25 heavy (non-hydrogen) atoms. The van der Waals surface area contributed by atoms with Gasteiger partial charge in [0.2, 0.25) is 0 Å². The largest absolute Gasteiger partial charge is 0.493 e. The molecule has 0 unspecified atom stereocenters. The first-order valence-electron chi connectivity index (χ1n) is 7.96. The number of hydrogen-bond acceptors (Lipinski definition) is 3. The number of carbonyl (C=O) groups is 1. The van der Waals surface area contributed by atoms with Gasteiger partial charge in [-0.1, -0.05) is 36.0 Å². The van der Waals surface area contributed by atoms with Gasteiger partial charge in [0, 0.05) is 11.6 Å². The fourth-order valence-corrected chi connectivity index (χ4v) is 2.47. The molecule has 134 valence electrons. The Balaban J connectivity index is 3.04. The second kappa shape index (κ2) is 9.52. The van der Waals surface area contributed by atoms with Crippen LogP contribution >= 0.6 is 0 Å². The highest BCUT2D eigenvalue weighted by atomic mass is 16.5. The van der Waals surface area contributed by atoms with E-state index >= 15 is 0 Å². The molecule has 0 spiro atoms. The smallest absolute Gasteiger partial charge is 0.328 e. The number of hydrogen-bond donors (Lipinski definition) is 1. The molecule has 0 radical (unpaired) electrons. The first-order valence-corrected chi connectivity index (χ1v) is 7.96. The molecule has 0 fully saturated rings. The molecular formula is C21H26O4. The number of benzene rings is 1. The number of aryl methyl sites for hydroxylation is 1. The van der Waals surface area contributed by atoms with Gasteiger partial charge >= 0.3 is 5.97 Å². The van der Waals surface area contributed by atoms with Crippen LogP contribution in [0.4, 0.5) is 0 Å². The molecule has 0 saturated heterocycles. The second-order valence-electron chi connectivity index (χ2n) is 5.80. The van der Waals surface area contributed by atoms with Gasteiger partial charge in [-0.3, -0.25) is 0 Å². The van der Waals surface area contributed by atoms with E-state index in [-0.39, 0.29) is 0 Å². The van der Waals surface area contributed by atoms with Crippen LogP contribution in [0.5, 0.6) is 11.5 Å². The third-order valence-electron chi connectivity index (χ3n) is 3.75. The van der Waals surface area contributed by atoms with E-state index in [9.17, 15) is 4.79 Å². The average molecular weight is 342 g/mol. The van der Waals surface area contributed by atoms with Crippen molar-refractivity contribution in [2.24, 2.45) is 0 Å². The summed E-state index contributed by atoms with van der Waals surface area (Å²) in [5.74, 6) is 0.524. The molecule has 4 heteroatoms. The molecule has 4 nitrogen and oxygen atoms in total. The van der Waals surface area contributed by atoms with E-state index in [1.807, 2.05) is 51.1 Å². The van der Waals surface area contributed by atoms with Crippen molar-refractivity contribution in [1.29, 1.82) is 0 Å². The van der Waals surface area contributed by atoms with Gasteiger partial charge in [-0.2, -0.15) is 0 Å². The highest BCUT2D eigenvalue weighted by Gasteiger charge is 2.12. The summed E-state index contributed by atoms with van der Waals surface area (Å²) in [6, 6.07) is 1.96. The molecule has 1 N–H and O–H groups in total. The van der Waals surface area contributed by atoms with Crippen molar-refractivity contribution in [3.8, 4) is 11.5 Å². The van der Waals surface area contributed by atoms with Gasteiger partial charge < -0.3 is 14.6 Å². The molecule has 0 heterocycles. The number of rotatable bonds is 7. The van der Waals surface area contributed by atoms with Crippen molar-refractivity contribution in [2.75, 3.05) is 14.2 Å². The number of ether oxygens (including phenoxy) is 2. The van der Waals surface area contributed by atoms with E-state index < -0.39 is 5.97 Å². The predicted molar refractivity (Wildman–Crippen MR) is 102 cm³/mol. The second-order valence-corrected chi connectivity index (χ2v) is 5.80. The Morgan fingerprint density at radius 1 is 1.08 bits per heavy atom. The Hall–Kier alpha value is -2.75. The molecule has 1 aromatic carbocycles. The molecule has 0 atom stereocenters. The number of carboxylic acids is 1. The first-order chi connectivity index (χ1) is 11.8. The Morgan fingerprint density at radius 3 is 2.32 bits per heavy atom. The van der Waals surface area contributed by atoms with Gasteiger partial charge in [0.25, 0.3) is 0 Å². The third-order valence-corrected chi connectivity index (χ3v) is 3.75. The lowest BCUT2D eigenvalue weighted by Crippen LogP contribution is -1.97. The Kier molecular flexibility index (Phi) is 7.73. The molecule has 0 aliphatic carbocycles. The molecular weight excluding hydrogens is 316 g/mol. The summed E-state index contributed by atoms with van der Waals surface area (Å²) in [5, 5.41) is 8.68.